The summed E-state index contributed by atoms with van der Waals surface area (Å²) in [5.74, 6) is 1.00. The second kappa shape index (κ2) is 10.7. The van der Waals surface area contributed by atoms with Gasteiger partial charge in [-0.1, -0.05) is 84.0 Å². The minimum Gasteiger partial charge on any atom is -0.253 e. The Labute approximate surface area is 176 Å². The third-order valence-electron chi connectivity index (χ3n) is 4.67. The molecule has 29 heavy (non-hydrogen) atoms. The highest BCUT2D eigenvalue weighted by Gasteiger charge is 2.02. The summed E-state index contributed by atoms with van der Waals surface area (Å²) in [6.45, 7) is 14.8. The lowest BCUT2D eigenvalue weighted by atomic mass is 10.1. The van der Waals surface area contributed by atoms with E-state index in [1.807, 2.05) is 26.0 Å². The topological polar surface area (TPSA) is 25.8 Å². The summed E-state index contributed by atoms with van der Waals surface area (Å²) in [4.78, 5) is 9.21. The Kier molecular flexibility index (Phi) is 8.33. The zero-order valence-corrected chi connectivity index (χ0v) is 18.9. The molecule has 2 heterocycles. The first-order chi connectivity index (χ1) is 13.9. The van der Waals surface area contributed by atoms with Gasteiger partial charge in [-0.25, -0.2) is 0 Å². The Balaban J connectivity index is 0.000000191. The Morgan fingerprint density at radius 3 is 1.66 bits per heavy atom. The van der Waals surface area contributed by atoms with Gasteiger partial charge in [0.25, 0.3) is 0 Å². The molecule has 152 valence electrons. The van der Waals surface area contributed by atoms with Gasteiger partial charge in [-0.15, -0.1) is 0 Å². The Bertz CT molecular complexity index is 1050. The van der Waals surface area contributed by atoms with Gasteiger partial charge in [0.15, 0.2) is 0 Å². The van der Waals surface area contributed by atoms with Gasteiger partial charge in [-0.3, -0.25) is 9.97 Å². The van der Waals surface area contributed by atoms with Gasteiger partial charge in [0.05, 0.1) is 11.0 Å². The van der Waals surface area contributed by atoms with Gasteiger partial charge in [0.2, 0.25) is 0 Å². The number of fused-ring (bicyclic) bond motifs is 2. The van der Waals surface area contributed by atoms with Crippen molar-refractivity contribution in [2.75, 3.05) is 0 Å². The maximum atomic E-state index is 4.64. The molecular weight excluding hydrogens is 352 g/mol. The predicted octanol–water partition coefficient (Wildman–Crippen LogP) is 8.05. The number of rotatable bonds is 2. The van der Waals surface area contributed by atoms with Crippen molar-refractivity contribution in [3.8, 4) is 0 Å². The van der Waals surface area contributed by atoms with Crippen LogP contribution in [0.25, 0.3) is 21.8 Å². The maximum Gasteiger partial charge on any atom is 0.0708 e. The van der Waals surface area contributed by atoms with Crippen molar-refractivity contribution in [1.82, 2.24) is 9.97 Å². The van der Waals surface area contributed by atoms with Crippen molar-refractivity contribution in [3.63, 3.8) is 0 Å². The van der Waals surface area contributed by atoms with Crippen molar-refractivity contribution in [2.45, 2.75) is 60.3 Å². The fraction of sp³-hybridized carbons (Fsp3) is 0.333. The van der Waals surface area contributed by atoms with E-state index in [0.717, 1.165) is 11.0 Å². The fourth-order valence-corrected chi connectivity index (χ4v) is 2.97. The van der Waals surface area contributed by atoms with Gasteiger partial charge in [-0.05, 0) is 48.6 Å². The van der Waals surface area contributed by atoms with Gasteiger partial charge in [0.1, 0.15) is 0 Å². The summed E-state index contributed by atoms with van der Waals surface area (Å²) in [5.41, 5.74) is 5.80. The van der Waals surface area contributed by atoms with Gasteiger partial charge in [0, 0.05) is 22.2 Å². The van der Waals surface area contributed by atoms with E-state index >= 15 is 0 Å². The maximum absolute atomic E-state index is 4.64. The molecule has 0 bridgehead atoms. The zero-order valence-electron chi connectivity index (χ0n) is 18.9. The second-order valence-corrected chi connectivity index (χ2v) is 7.67. The standard InChI is InChI=1S/C13H15N.C12H13N.C2H6/c1-9(2)12-7-6-11-5-4-10(3)8-13(11)14-12;1-9(2)11-8-7-10-5-3-4-6-12(10)13-11;1-2/h4-9H,1-3H3;3-9H,1-2H3;1-2H3. The predicted molar refractivity (Wildman–Crippen MR) is 128 cm³/mol. The lowest BCUT2D eigenvalue weighted by molar-refractivity contribution is 0.830. The summed E-state index contributed by atoms with van der Waals surface area (Å²) in [5, 5.41) is 2.44. The van der Waals surface area contributed by atoms with E-state index in [4.69, 9.17) is 0 Å². The smallest absolute Gasteiger partial charge is 0.0708 e. The number of benzene rings is 2. The number of aromatic nitrogens is 2. The fourth-order valence-electron chi connectivity index (χ4n) is 2.97. The van der Waals surface area contributed by atoms with Crippen LogP contribution in [0.2, 0.25) is 0 Å². The van der Waals surface area contributed by atoms with Crippen LogP contribution in [-0.2, 0) is 0 Å². The molecule has 0 N–H and O–H groups in total. The van der Waals surface area contributed by atoms with Crippen molar-refractivity contribution >= 4 is 21.8 Å². The van der Waals surface area contributed by atoms with Crippen LogP contribution in [0, 0.1) is 6.92 Å². The summed E-state index contributed by atoms with van der Waals surface area (Å²) in [6, 6.07) is 23.1. The molecule has 4 aromatic rings. The van der Waals surface area contributed by atoms with E-state index in [9.17, 15) is 0 Å². The minimum atomic E-state index is 0.500. The van der Waals surface area contributed by atoms with Gasteiger partial charge in [-0.2, -0.15) is 0 Å². The average Bonchev–Trinajstić information content (AvgIpc) is 2.74. The summed E-state index contributed by atoms with van der Waals surface area (Å²) in [6.07, 6.45) is 0. The zero-order chi connectivity index (χ0) is 21.4. The molecule has 2 heteroatoms. The van der Waals surface area contributed by atoms with Crippen LogP contribution in [0.5, 0.6) is 0 Å². The number of hydrogen-bond donors (Lipinski definition) is 0. The molecule has 0 spiro atoms. The molecule has 0 aliphatic heterocycles. The van der Waals surface area contributed by atoms with Crippen LogP contribution in [0.15, 0.2) is 66.7 Å². The van der Waals surface area contributed by atoms with Crippen molar-refractivity contribution in [3.05, 3.63) is 83.7 Å². The first kappa shape index (κ1) is 22.5. The van der Waals surface area contributed by atoms with Crippen LogP contribution in [0.1, 0.15) is 70.3 Å². The molecule has 0 fully saturated rings. The molecule has 4 rings (SSSR count). The first-order valence-corrected chi connectivity index (χ1v) is 10.7. The Morgan fingerprint density at radius 2 is 1.07 bits per heavy atom. The van der Waals surface area contributed by atoms with E-state index < -0.39 is 0 Å². The molecule has 0 amide bonds. The Morgan fingerprint density at radius 1 is 0.586 bits per heavy atom. The lowest BCUT2D eigenvalue weighted by Crippen LogP contribution is -1.92. The average molecular weight is 387 g/mol. The number of aryl methyl sites for hydroxylation is 1. The molecule has 0 saturated carbocycles. The summed E-state index contributed by atoms with van der Waals surface area (Å²) >= 11 is 0. The normalized spacial score (nSPS) is 10.5. The largest absolute Gasteiger partial charge is 0.253 e. The molecule has 0 radical (unpaired) electrons. The molecule has 0 atom stereocenters. The molecule has 0 saturated heterocycles. The van der Waals surface area contributed by atoms with Gasteiger partial charge < -0.3 is 0 Å². The van der Waals surface area contributed by atoms with Crippen LogP contribution in [-0.4, -0.2) is 9.97 Å². The van der Waals surface area contributed by atoms with E-state index in [1.54, 1.807) is 0 Å². The highest BCUT2D eigenvalue weighted by molar-refractivity contribution is 5.79. The summed E-state index contributed by atoms with van der Waals surface area (Å²) in [7, 11) is 0. The molecule has 2 aromatic carbocycles. The molecule has 0 unspecified atom stereocenters. The second-order valence-electron chi connectivity index (χ2n) is 7.67. The monoisotopic (exact) mass is 386 g/mol. The number of hydrogen-bond acceptors (Lipinski definition) is 2. The number of para-hydroxylation sites is 1. The van der Waals surface area contributed by atoms with Crippen LogP contribution >= 0.6 is 0 Å². The number of nitrogens with zero attached hydrogens (tertiary/aromatic N) is 2. The number of pyridine rings is 2. The first-order valence-electron chi connectivity index (χ1n) is 10.7. The van der Waals surface area contributed by atoms with Crippen molar-refractivity contribution < 1.29 is 0 Å². The van der Waals surface area contributed by atoms with E-state index in [1.165, 1.54) is 27.7 Å². The van der Waals surface area contributed by atoms with E-state index in [-0.39, 0.29) is 0 Å². The highest BCUT2D eigenvalue weighted by atomic mass is 14.7. The molecular formula is C27H34N2. The van der Waals surface area contributed by atoms with Crippen molar-refractivity contribution in [1.29, 1.82) is 0 Å². The highest BCUT2D eigenvalue weighted by Crippen LogP contribution is 2.19. The van der Waals surface area contributed by atoms with Crippen LogP contribution in [0.3, 0.4) is 0 Å². The van der Waals surface area contributed by atoms with Gasteiger partial charge >= 0.3 is 0 Å². The van der Waals surface area contributed by atoms with Crippen LogP contribution in [0.4, 0.5) is 0 Å². The van der Waals surface area contributed by atoms with E-state index in [2.05, 4.69) is 99.2 Å². The summed E-state index contributed by atoms with van der Waals surface area (Å²) < 4.78 is 0. The third kappa shape index (κ3) is 6.12. The van der Waals surface area contributed by atoms with E-state index in [0.29, 0.717) is 11.8 Å². The molecule has 0 aliphatic carbocycles. The lowest BCUT2D eigenvalue weighted by Gasteiger charge is -2.06. The third-order valence-corrected chi connectivity index (χ3v) is 4.67. The molecule has 0 aliphatic rings. The molecule has 2 nitrogen and oxygen atoms in total. The quantitative estimate of drug-likeness (QED) is 0.348. The molecule has 2 aromatic heterocycles. The van der Waals surface area contributed by atoms with Crippen LogP contribution < -0.4 is 0 Å². The minimum absolute atomic E-state index is 0.500. The SMILES string of the molecule is CC.CC(C)c1ccc2ccccc2n1.Cc1ccc2ccc(C(C)C)nc2c1. The Hall–Kier alpha value is -2.74. The van der Waals surface area contributed by atoms with Crippen molar-refractivity contribution in [2.24, 2.45) is 0 Å².